The molecule has 0 amide bonds. The molecule has 0 saturated heterocycles. The third kappa shape index (κ3) is 5.35. The van der Waals surface area contributed by atoms with E-state index in [4.69, 9.17) is 9.31 Å². The molecule has 0 fully saturated rings. The van der Waals surface area contributed by atoms with Crippen molar-refractivity contribution in [2.75, 3.05) is 0 Å². The van der Waals surface area contributed by atoms with Crippen LogP contribution in [0.4, 0.5) is 79.0 Å². The quantitative estimate of drug-likeness (QED) is 0.0546. The van der Waals surface area contributed by atoms with Crippen molar-refractivity contribution in [2.45, 2.75) is 0 Å². The van der Waals surface area contributed by atoms with Crippen molar-refractivity contribution < 1.29 is 88.3 Å². The minimum atomic E-state index is -3.61. The molecule has 0 aliphatic carbocycles. The third-order valence-corrected chi connectivity index (χ3v) is 9.39. The minimum absolute atomic E-state index is 0.201. The highest BCUT2D eigenvalue weighted by Crippen LogP contribution is 2.46. The van der Waals surface area contributed by atoms with Crippen molar-refractivity contribution in [3.05, 3.63) is 147 Å². The summed E-state index contributed by atoms with van der Waals surface area (Å²) >= 11 is 0. The molecule has 8 aromatic carbocycles. The second-order valence-electron chi connectivity index (χ2n) is 12.5. The number of hydrogen-bond donors (Lipinski definition) is 0. The lowest BCUT2D eigenvalue weighted by Crippen LogP contribution is -2.47. The van der Waals surface area contributed by atoms with E-state index in [1.165, 1.54) is 0 Å². The van der Waals surface area contributed by atoms with Gasteiger partial charge in [0, 0.05) is 27.1 Å². The van der Waals surface area contributed by atoms with Crippen molar-refractivity contribution in [3.63, 3.8) is 0 Å². The molecule has 0 bridgehead atoms. The number of hydrogen-bond acceptors (Lipinski definition) is 2. The predicted molar refractivity (Wildman–Crippen MR) is 172 cm³/mol. The topological polar surface area (TPSA) is 18.5 Å². The highest BCUT2D eigenvalue weighted by Gasteiger charge is 2.44. The van der Waals surface area contributed by atoms with E-state index in [1.807, 2.05) is 0 Å². The van der Waals surface area contributed by atoms with Crippen LogP contribution < -0.4 is 14.8 Å². The number of rotatable bonds is 6. The molecule has 0 aliphatic heterocycles. The summed E-state index contributed by atoms with van der Waals surface area (Å²) in [5, 5.41) is -8.31. The summed E-state index contributed by atoms with van der Waals surface area (Å²) in [5.41, 5.74) is -7.46. The van der Waals surface area contributed by atoms with Gasteiger partial charge in [-0.1, -0.05) is 24.3 Å². The summed E-state index contributed by atoms with van der Waals surface area (Å²) in [4.78, 5) is 0. The van der Waals surface area contributed by atoms with Crippen LogP contribution in [0.5, 0.6) is 11.5 Å². The molecule has 0 radical (unpaired) electrons. The molecule has 0 unspecified atom stereocenters. The van der Waals surface area contributed by atoms with Gasteiger partial charge in [0.25, 0.3) is 0 Å². The highest BCUT2D eigenvalue weighted by atomic mass is 19.2. The van der Waals surface area contributed by atoms with E-state index >= 15 is 43.9 Å². The molecule has 0 aliphatic rings. The Bertz CT molecular complexity index is 3140. The first-order valence-electron chi connectivity index (χ1n) is 15.9. The molecule has 300 valence electrons. The van der Waals surface area contributed by atoms with E-state index in [0.29, 0.717) is 30.3 Å². The standard InChI is InChI=1S/C38H7BF18O2/c40-11-7-5-8-4-6-10-15-13(8)16(11)23(43)25(45)18(15)28(48)37(57)38(10)59-39(58-12-3-1-2-9-14(12)22(42)31(51)30(50)21(9)41)20-17(24(44)32(52)35(55)29(20)49)19-26(46)33(53)36(56)34(54)27(19)47/h1-7H. The van der Waals surface area contributed by atoms with Crippen molar-refractivity contribution >= 4 is 55.7 Å². The maximum Gasteiger partial charge on any atom is 0.636 e. The van der Waals surface area contributed by atoms with Gasteiger partial charge in [0.15, 0.2) is 93.1 Å². The Kier molecular flexibility index (Phi) is 9.00. The zero-order valence-electron chi connectivity index (χ0n) is 27.7. The van der Waals surface area contributed by atoms with Gasteiger partial charge in [0.2, 0.25) is 5.82 Å². The summed E-state index contributed by atoms with van der Waals surface area (Å²) < 4.78 is 283. The average Bonchev–Trinajstić information content (AvgIpc) is 3.22. The van der Waals surface area contributed by atoms with E-state index in [-0.39, 0.29) is 5.39 Å². The highest BCUT2D eigenvalue weighted by molar-refractivity contribution is 6.65. The van der Waals surface area contributed by atoms with E-state index in [2.05, 4.69) is 0 Å². The fourth-order valence-corrected chi connectivity index (χ4v) is 6.80. The third-order valence-electron chi connectivity index (χ3n) is 9.39. The van der Waals surface area contributed by atoms with Gasteiger partial charge in [-0.2, -0.15) is 4.39 Å². The molecule has 0 saturated carbocycles. The molecule has 59 heavy (non-hydrogen) atoms. The smallest absolute Gasteiger partial charge is 0.521 e. The molecule has 21 heteroatoms. The number of halogens is 18. The van der Waals surface area contributed by atoms with Crippen LogP contribution in [0.3, 0.4) is 0 Å². The molecule has 0 spiro atoms. The van der Waals surface area contributed by atoms with Crippen LogP contribution in [0.1, 0.15) is 0 Å². The summed E-state index contributed by atoms with van der Waals surface area (Å²) in [7, 11) is -3.61. The summed E-state index contributed by atoms with van der Waals surface area (Å²) in [5.74, 6) is -50.1. The van der Waals surface area contributed by atoms with Crippen LogP contribution in [-0.4, -0.2) is 7.12 Å². The fraction of sp³-hybridized carbons (Fsp3) is 0. The monoisotopic (exact) mass is 848 g/mol. The largest absolute Gasteiger partial charge is 0.636 e. The van der Waals surface area contributed by atoms with Crippen LogP contribution in [0.25, 0.3) is 54.2 Å². The lowest BCUT2D eigenvalue weighted by molar-refractivity contribution is 0.378. The number of benzene rings is 8. The van der Waals surface area contributed by atoms with E-state index in [0.717, 1.165) is 12.1 Å². The molecule has 8 rings (SSSR count). The first kappa shape index (κ1) is 39.3. The van der Waals surface area contributed by atoms with Crippen LogP contribution in [-0.2, 0) is 0 Å². The first-order chi connectivity index (χ1) is 27.8. The van der Waals surface area contributed by atoms with Gasteiger partial charge in [0.05, 0.1) is 27.2 Å². The molecule has 0 heterocycles. The van der Waals surface area contributed by atoms with E-state index in [1.54, 1.807) is 0 Å². The van der Waals surface area contributed by atoms with Gasteiger partial charge in [-0.25, -0.2) is 74.6 Å². The van der Waals surface area contributed by atoms with Gasteiger partial charge in [-0.05, 0) is 23.6 Å². The normalized spacial score (nSPS) is 11.9. The number of fused-ring (bicyclic) bond motifs is 1. The van der Waals surface area contributed by atoms with Crippen molar-refractivity contribution in [2.24, 2.45) is 0 Å². The summed E-state index contributed by atoms with van der Waals surface area (Å²) in [6.07, 6.45) is 0. The van der Waals surface area contributed by atoms with Gasteiger partial charge >= 0.3 is 7.12 Å². The molecule has 0 N–H and O–H groups in total. The molecule has 2 nitrogen and oxygen atoms in total. The Balaban J connectivity index is 1.52. The van der Waals surface area contributed by atoms with Crippen molar-refractivity contribution in [1.29, 1.82) is 0 Å². The minimum Gasteiger partial charge on any atom is -0.521 e. The summed E-state index contributed by atoms with van der Waals surface area (Å²) in [6.45, 7) is 0. The Labute approximate surface area is 313 Å². The molecule has 0 aromatic heterocycles. The van der Waals surface area contributed by atoms with Crippen LogP contribution in [0, 0.1) is 105 Å². The molecular formula is C38H7BF18O2. The lowest BCUT2D eigenvalue weighted by atomic mass is 9.72. The zero-order valence-corrected chi connectivity index (χ0v) is 27.7. The molecular weight excluding hydrogens is 841 g/mol. The zero-order chi connectivity index (χ0) is 42.8. The van der Waals surface area contributed by atoms with Gasteiger partial charge in [-0.3, -0.25) is 0 Å². The lowest BCUT2D eigenvalue weighted by Gasteiger charge is -2.24. The van der Waals surface area contributed by atoms with Crippen LogP contribution >= 0.6 is 0 Å². The molecule has 8 aromatic rings. The Morgan fingerprint density at radius 3 is 1.46 bits per heavy atom. The second-order valence-corrected chi connectivity index (χ2v) is 12.5. The Hall–Kier alpha value is -6.54. The fourth-order valence-electron chi connectivity index (χ4n) is 6.80. The van der Waals surface area contributed by atoms with Crippen LogP contribution in [0.15, 0.2) is 42.5 Å². The van der Waals surface area contributed by atoms with Crippen molar-refractivity contribution in [3.8, 4) is 22.6 Å². The first-order valence-corrected chi connectivity index (χ1v) is 15.9. The Morgan fingerprint density at radius 2 is 0.814 bits per heavy atom. The van der Waals surface area contributed by atoms with Gasteiger partial charge < -0.3 is 9.31 Å². The maximum atomic E-state index is 16.2. The SMILES string of the molecule is Fc1c(F)c(F)c(-c2c(F)c(F)c(F)c(F)c2B(Oc2c(F)c(F)c3c(F)c(F)c4c(F)ccc5ccc2c3c54)Oc2cccc3c(F)c(F)c(F)c(F)c23)c(F)c1F. The molecule has 0 atom stereocenters. The Morgan fingerprint density at radius 1 is 0.322 bits per heavy atom. The maximum absolute atomic E-state index is 16.2. The van der Waals surface area contributed by atoms with Gasteiger partial charge in [0.1, 0.15) is 17.3 Å². The second kappa shape index (κ2) is 13.5. The van der Waals surface area contributed by atoms with E-state index < -0.39 is 178 Å². The van der Waals surface area contributed by atoms with Crippen molar-refractivity contribution in [1.82, 2.24) is 0 Å². The average molecular weight is 848 g/mol. The van der Waals surface area contributed by atoms with E-state index in [9.17, 15) is 35.1 Å². The van der Waals surface area contributed by atoms with Crippen LogP contribution in [0.2, 0.25) is 0 Å². The predicted octanol–water partition coefficient (Wildman–Crippen LogP) is 11.8. The summed E-state index contributed by atoms with van der Waals surface area (Å²) in [6, 6.07) is 4.88. The van der Waals surface area contributed by atoms with Gasteiger partial charge in [-0.15, -0.1) is 0 Å².